The largest absolute Gasteiger partial charge is 0.346 e. The Morgan fingerprint density at radius 2 is 1.72 bits per heavy atom. The maximum Gasteiger partial charge on any atom is 0.229 e. The Balaban J connectivity index is 1.96. The summed E-state index contributed by atoms with van der Waals surface area (Å²) in [5, 5.41) is 0.498. The minimum absolute atomic E-state index is 0.112. The normalized spacial score (nSPS) is 11.5. The topological polar surface area (TPSA) is 91.9 Å². The third-order valence-electron chi connectivity index (χ3n) is 4.62. The summed E-state index contributed by atoms with van der Waals surface area (Å²) < 4.78 is 25.7. The number of sulfonamides is 1. The van der Waals surface area contributed by atoms with Crippen LogP contribution >= 0.6 is 0 Å². The number of anilines is 1. The SMILES string of the molecule is Cc1cc(-c2cc3c(=O)cc[nH]c3nc2-c2ccccc2)ccc1NS(C)(=O)=O. The zero-order valence-electron chi connectivity index (χ0n) is 15.9. The van der Waals surface area contributed by atoms with Crippen LogP contribution in [0.15, 0.2) is 71.7 Å². The van der Waals surface area contributed by atoms with Gasteiger partial charge in [-0.2, -0.15) is 0 Å². The predicted octanol–water partition coefficient (Wildman–Crippen LogP) is 3.94. The van der Waals surface area contributed by atoms with Crippen LogP contribution in [0.1, 0.15) is 5.56 Å². The van der Waals surface area contributed by atoms with E-state index < -0.39 is 10.0 Å². The number of hydrogen-bond donors (Lipinski definition) is 2. The molecule has 0 aliphatic heterocycles. The summed E-state index contributed by atoms with van der Waals surface area (Å²) in [6.07, 6.45) is 2.70. The predicted molar refractivity (Wildman–Crippen MR) is 116 cm³/mol. The Bertz CT molecular complexity index is 1380. The van der Waals surface area contributed by atoms with Gasteiger partial charge in [-0.1, -0.05) is 36.4 Å². The van der Waals surface area contributed by atoms with E-state index in [9.17, 15) is 13.2 Å². The number of nitrogens with one attached hydrogen (secondary N) is 2. The van der Waals surface area contributed by atoms with Gasteiger partial charge in [-0.3, -0.25) is 9.52 Å². The molecule has 0 unspecified atom stereocenters. The average molecular weight is 405 g/mol. The van der Waals surface area contributed by atoms with E-state index in [-0.39, 0.29) is 5.43 Å². The Kier molecular flexibility index (Phi) is 4.68. The minimum atomic E-state index is -3.37. The van der Waals surface area contributed by atoms with Crippen LogP contribution in [0.25, 0.3) is 33.4 Å². The van der Waals surface area contributed by atoms with Gasteiger partial charge < -0.3 is 4.98 Å². The number of benzene rings is 2. The number of H-pyrrole nitrogens is 1. The first kappa shape index (κ1) is 18.9. The molecule has 0 radical (unpaired) electrons. The minimum Gasteiger partial charge on any atom is -0.346 e. The molecule has 146 valence electrons. The van der Waals surface area contributed by atoms with Gasteiger partial charge in [-0.25, -0.2) is 13.4 Å². The molecule has 2 aromatic heterocycles. The number of aryl methyl sites for hydroxylation is 1. The van der Waals surface area contributed by atoms with Gasteiger partial charge >= 0.3 is 0 Å². The molecule has 4 rings (SSSR count). The molecular weight excluding hydrogens is 386 g/mol. The van der Waals surface area contributed by atoms with E-state index in [1.807, 2.05) is 55.5 Å². The van der Waals surface area contributed by atoms with Crippen LogP contribution < -0.4 is 10.2 Å². The highest BCUT2D eigenvalue weighted by Gasteiger charge is 2.14. The van der Waals surface area contributed by atoms with Crippen molar-refractivity contribution >= 4 is 26.7 Å². The summed E-state index contributed by atoms with van der Waals surface area (Å²) in [7, 11) is -3.37. The third-order valence-corrected chi connectivity index (χ3v) is 5.21. The summed E-state index contributed by atoms with van der Waals surface area (Å²) in [6.45, 7) is 1.83. The van der Waals surface area contributed by atoms with E-state index in [4.69, 9.17) is 4.98 Å². The maximum atomic E-state index is 12.4. The van der Waals surface area contributed by atoms with Gasteiger partial charge in [-0.05, 0) is 36.2 Å². The standard InChI is InChI=1S/C22H19N3O3S/c1-14-12-16(8-9-19(14)25-29(2,27)28)17-13-18-20(26)10-11-23-22(18)24-21(17)15-6-4-3-5-7-15/h3-13,25H,1-2H3,(H,23,24,26). The number of aromatic nitrogens is 2. The van der Waals surface area contributed by atoms with E-state index >= 15 is 0 Å². The molecule has 0 amide bonds. The molecule has 0 aliphatic carbocycles. The molecule has 2 aromatic carbocycles. The third kappa shape index (κ3) is 3.90. The first-order valence-corrected chi connectivity index (χ1v) is 10.9. The van der Waals surface area contributed by atoms with Crippen LogP contribution in [0.4, 0.5) is 5.69 Å². The second-order valence-electron chi connectivity index (χ2n) is 6.89. The van der Waals surface area contributed by atoms with Crippen molar-refractivity contribution in [3.8, 4) is 22.4 Å². The van der Waals surface area contributed by atoms with Crippen LogP contribution in [0.3, 0.4) is 0 Å². The van der Waals surface area contributed by atoms with Gasteiger partial charge in [0.15, 0.2) is 5.43 Å². The molecule has 0 spiro atoms. The van der Waals surface area contributed by atoms with Gasteiger partial charge in [-0.15, -0.1) is 0 Å². The van der Waals surface area contributed by atoms with Crippen LogP contribution in [-0.4, -0.2) is 24.6 Å². The lowest BCUT2D eigenvalue weighted by molar-refractivity contribution is 0.607. The van der Waals surface area contributed by atoms with Crippen LogP contribution in [0.2, 0.25) is 0 Å². The number of aromatic amines is 1. The second-order valence-corrected chi connectivity index (χ2v) is 8.64. The lowest BCUT2D eigenvalue weighted by atomic mass is 9.96. The fraction of sp³-hybridized carbons (Fsp3) is 0.0909. The molecular formula is C22H19N3O3S. The van der Waals surface area contributed by atoms with Crippen molar-refractivity contribution in [2.24, 2.45) is 0 Å². The molecule has 0 aliphatic rings. The Morgan fingerprint density at radius 3 is 2.41 bits per heavy atom. The lowest BCUT2D eigenvalue weighted by Gasteiger charge is -2.14. The lowest BCUT2D eigenvalue weighted by Crippen LogP contribution is -2.10. The van der Waals surface area contributed by atoms with E-state index in [1.54, 1.807) is 12.3 Å². The second kappa shape index (κ2) is 7.18. The van der Waals surface area contributed by atoms with Crippen molar-refractivity contribution < 1.29 is 8.42 Å². The van der Waals surface area contributed by atoms with Gasteiger partial charge in [0.2, 0.25) is 10.0 Å². The molecule has 0 saturated heterocycles. The highest BCUT2D eigenvalue weighted by Crippen LogP contribution is 2.34. The quantitative estimate of drug-likeness (QED) is 0.538. The number of nitrogens with zero attached hydrogens (tertiary/aromatic N) is 1. The maximum absolute atomic E-state index is 12.4. The van der Waals surface area contributed by atoms with Crippen molar-refractivity contribution in [1.29, 1.82) is 0 Å². The van der Waals surface area contributed by atoms with E-state index in [2.05, 4.69) is 9.71 Å². The van der Waals surface area contributed by atoms with Crippen molar-refractivity contribution in [2.45, 2.75) is 6.92 Å². The number of fused-ring (bicyclic) bond motifs is 1. The molecule has 0 atom stereocenters. The molecule has 2 heterocycles. The van der Waals surface area contributed by atoms with Gasteiger partial charge in [0.25, 0.3) is 0 Å². The molecule has 4 aromatic rings. The van der Waals surface area contributed by atoms with Crippen LogP contribution in [0.5, 0.6) is 0 Å². The van der Waals surface area contributed by atoms with E-state index in [0.29, 0.717) is 16.7 Å². The number of rotatable bonds is 4. The first-order chi connectivity index (χ1) is 13.8. The van der Waals surface area contributed by atoms with Gasteiger partial charge in [0.05, 0.1) is 23.0 Å². The Labute approximate surface area is 168 Å². The van der Waals surface area contributed by atoms with Crippen molar-refractivity contribution in [3.05, 3.63) is 82.6 Å². The fourth-order valence-electron chi connectivity index (χ4n) is 3.28. The number of hydrogen-bond acceptors (Lipinski definition) is 4. The Morgan fingerprint density at radius 1 is 0.966 bits per heavy atom. The summed E-state index contributed by atoms with van der Waals surface area (Å²) in [4.78, 5) is 20.1. The highest BCUT2D eigenvalue weighted by molar-refractivity contribution is 7.92. The van der Waals surface area contributed by atoms with Gasteiger partial charge in [0.1, 0.15) is 5.65 Å². The average Bonchev–Trinajstić information content (AvgIpc) is 2.69. The molecule has 0 fully saturated rings. The molecule has 29 heavy (non-hydrogen) atoms. The summed E-state index contributed by atoms with van der Waals surface area (Å²) in [6, 6.07) is 18.5. The van der Waals surface area contributed by atoms with Crippen LogP contribution in [-0.2, 0) is 10.0 Å². The van der Waals surface area contributed by atoms with E-state index in [1.165, 1.54) is 6.07 Å². The summed E-state index contributed by atoms with van der Waals surface area (Å²) in [5.41, 5.74) is 5.00. The summed E-state index contributed by atoms with van der Waals surface area (Å²) >= 11 is 0. The summed E-state index contributed by atoms with van der Waals surface area (Å²) in [5.74, 6) is 0. The van der Waals surface area contributed by atoms with Crippen molar-refractivity contribution in [2.75, 3.05) is 11.0 Å². The molecule has 0 bridgehead atoms. The molecule has 7 heteroatoms. The highest BCUT2D eigenvalue weighted by atomic mass is 32.2. The molecule has 6 nitrogen and oxygen atoms in total. The van der Waals surface area contributed by atoms with Crippen molar-refractivity contribution in [3.63, 3.8) is 0 Å². The Hall–Kier alpha value is -3.45. The van der Waals surface area contributed by atoms with Crippen LogP contribution in [0, 0.1) is 6.92 Å². The van der Waals surface area contributed by atoms with Crippen molar-refractivity contribution in [1.82, 2.24) is 9.97 Å². The zero-order chi connectivity index (χ0) is 20.6. The fourth-order valence-corrected chi connectivity index (χ4v) is 3.91. The zero-order valence-corrected chi connectivity index (χ0v) is 16.7. The van der Waals surface area contributed by atoms with Gasteiger partial charge in [0, 0.05) is 23.4 Å². The van der Waals surface area contributed by atoms with E-state index in [0.717, 1.165) is 34.2 Å². The molecule has 2 N–H and O–H groups in total. The smallest absolute Gasteiger partial charge is 0.229 e. The number of pyridine rings is 2. The monoisotopic (exact) mass is 405 g/mol. The first-order valence-electron chi connectivity index (χ1n) is 8.98. The molecule has 0 saturated carbocycles.